The van der Waals surface area contributed by atoms with E-state index in [1.807, 2.05) is 56.5 Å². The first kappa shape index (κ1) is 19.0. The molecule has 4 rings (SSSR count). The Hall–Kier alpha value is -2.38. The standard InChI is InChI=1S/C21H25BN2O4/c1-20(2)21(3,4)28-22(27-20)15-7-5-14(6-8-15)13-24-12-10-16-17(25)9-11-23-19(26)18(16)24/h5-8,10,12H,9,11,13H2,1-4H3,(H,23,26). The van der Waals surface area contributed by atoms with E-state index >= 15 is 0 Å². The highest BCUT2D eigenvalue weighted by molar-refractivity contribution is 6.62. The molecule has 0 bridgehead atoms. The molecule has 2 aliphatic heterocycles. The number of rotatable bonds is 3. The Morgan fingerprint density at radius 1 is 1.04 bits per heavy atom. The van der Waals surface area contributed by atoms with Crippen molar-refractivity contribution in [2.75, 3.05) is 6.54 Å². The normalized spacial score (nSPS) is 20.6. The van der Waals surface area contributed by atoms with Crippen LogP contribution < -0.4 is 10.8 Å². The lowest BCUT2D eigenvalue weighted by atomic mass is 9.79. The highest BCUT2D eigenvalue weighted by Gasteiger charge is 2.51. The minimum atomic E-state index is -0.398. The number of carbonyl (C=O) groups is 2. The molecule has 146 valence electrons. The third-order valence-corrected chi connectivity index (χ3v) is 5.97. The van der Waals surface area contributed by atoms with Crippen LogP contribution >= 0.6 is 0 Å². The van der Waals surface area contributed by atoms with E-state index in [0.717, 1.165) is 11.0 Å². The number of carbonyl (C=O) groups excluding carboxylic acids is 2. The van der Waals surface area contributed by atoms with Gasteiger partial charge in [0.1, 0.15) is 5.69 Å². The van der Waals surface area contributed by atoms with E-state index in [9.17, 15) is 9.59 Å². The number of Topliss-reactive ketones (excluding diaryl/α,β-unsaturated/α-hetero) is 1. The van der Waals surface area contributed by atoms with Gasteiger partial charge in [0.05, 0.1) is 11.2 Å². The molecule has 2 aromatic rings. The number of nitrogens with zero attached hydrogens (tertiary/aromatic N) is 1. The number of nitrogens with one attached hydrogen (secondary N) is 1. The summed E-state index contributed by atoms with van der Waals surface area (Å²) in [5.74, 6) is -0.192. The predicted molar refractivity (Wildman–Crippen MR) is 107 cm³/mol. The summed E-state index contributed by atoms with van der Waals surface area (Å²) in [7, 11) is -0.398. The van der Waals surface area contributed by atoms with E-state index in [4.69, 9.17) is 9.31 Å². The van der Waals surface area contributed by atoms with Gasteiger partial charge in [0.2, 0.25) is 0 Å². The lowest BCUT2D eigenvalue weighted by molar-refractivity contribution is 0.00578. The summed E-state index contributed by atoms with van der Waals surface area (Å²) >= 11 is 0. The lowest BCUT2D eigenvalue weighted by Gasteiger charge is -2.32. The molecular formula is C21H25BN2O4. The molecule has 1 N–H and O–H groups in total. The Balaban J connectivity index is 1.54. The third-order valence-electron chi connectivity index (χ3n) is 5.97. The molecule has 0 unspecified atom stereocenters. The summed E-state index contributed by atoms with van der Waals surface area (Å²) in [6.07, 6.45) is 2.14. The van der Waals surface area contributed by atoms with E-state index in [2.05, 4.69) is 5.32 Å². The van der Waals surface area contributed by atoms with E-state index in [-0.39, 0.29) is 22.9 Å². The van der Waals surface area contributed by atoms with Crippen molar-refractivity contribution in [2.45, 2.75) is 51.9 Å². The van der Waals surface area contributed by atoms with E-state index < -0.39 is 7.12 Å². The van der Waals surface area contributed by atoms with Gasteiger partial charge in [-0.05, 0) is 44.8 Å². The van der Waals surface area contributed by atoms with Gasteiger partial charge in [0.15, 0.2) is 5.78 Å². The van der Waals surface area contributed by atoms with Gasteiger partial charge in [0, 0.05) is 31.3 Å². The van der Waals surface area contributed by atoms with E-state index in [1.54, 1.807) is 12.3 Å². The molecule has 1 aromatic carbocycles. The third kappa shape index (κ3) is 3.18. The molecule has 7 heteroatoms. The Morgan fingerprint density at radius 3 is 2.32 bits per heavy atom. The fourth-order valence-electron chi connectivity index (χ4n) is 3.55. The number of amides is 1. The van der Waals surface area contributed by atoms with Gasteiger partial charge < -0.3 is 19.2 Å². The van der Waals surface area contributed by atoms with Crippen LogP contribution in [0, 0.1) is 0 Å². The predicted octanol–water partition coefficient (Wildman–Crippen LogP) is 2.15. The van der Waals surface area contributed by atoms with Gasteiger partial charge >= 0.3 is 7.12 Å². The second kappa shape index (κ2) is 6.60. The summed E-state index contributed by atoms with van der Waals surface area (Å²) in [6.45, 7) is 9.03. The summed E-state index contributed by atoms with van der Waals surface area (Å²) in [6, 6.07) is 9.73. The molecule has 2 aliphatic rings. The maximum Gasteiger partial charge on any atom is 0.494 e. The summed E-state index contributed by atoms with van der Waals surface area (Å²) in [5, 5.41) is 2.79. The van der Waals surface area contributed by atoms with Crippen molar-refractivity contribution < 1.29 is 18.9 Å². The molecule has 1 saturated heterocycles. The SMILES string of the molecule is CC1(C)OB(c2ccc(Cn3ccc4c3C(=O)NCCC4=O)cc2)OC1(C)C. The number of hydrogen-bond acceptors (Lipinski definition) is 4. The second-order valence-electron chi connectivity index (χ2n) is 8.46. The summed E-state index contributed by atoms with van der Waals surface area (Å²) < 4.78 is 14.0. The highest BCUT2D eigenvalue weighted by Crippen LogP contribution is 2.36. The maximum atomic E-state index is 12.4. The number of benzene rings is 1. The van der Waals surface area contributed by atoms with Gasteiger partial charge in [-0.3, -0.25) is 9.59 Å². The molecule has 0 radical (unpaired) electrons. The van der Waals surface area contributed by atoms with Crippen molar-refractivity contribution in [3.8, 4) is 0 Å². The van der Waals surface area contributed by atoms with Crippen LogP contribution in [0.15, 0.2) is 36.5 Å². The van der Waals surface area contributed by atoms with Crippen molar-refractivity contribution >= 4 is 24.3 Å². The Bertz CT molecular complexity index is 914. The second-order valence-corrected chi connectivity index (χ2v) is 8.46. The van der Waals surface area contributed by atoms with Crippen LogP contribution in [-0.2, 0) is 15.9 Å². The maximum absolute atomic E-state index is 12.4. The van der Waals surface area contributed by atoms with Gasteiger partial charge in [-0.15, -0.1) is 0 Å². The molecule has 6 nitrogen and oxygen atoms in total. The molecule has 28 heavy (non-hydrogen) atoms. The van der Waals surface area contributed by atoms with Crippen LogP contribution in [0.4, 0.5) is 0 Å². The molecule has 0 aliphatic carbocycles. The fraction of sp³-hybridized carbons (Fsp3) is 0.429. The van der Waals surface area contributed by atoms with Crippen LogP contribution in [-0.4, -0.2) is 41.1 Å². The lowest BCUT2D eigenvalue weighted by Crippen LogP contribution is -2.41. The number of aromatic nitrogens is 1. The van der Waals surface area contributed by atoms with Crippen molar-refractivity contribution in [3.05, 3.63) is 53.3 Å². The largest absolute Gasteiger partial charge is 0.494 e. The first-order valence-electron chi connectivity index (χ1n) is 9.63. The highest BCUT2D eigenvalue weighted by atomic mass is 16.7. The molecule has 1 fully saturated rings. The van der Waals surface area contributed by atoms with Crippen molar-refractivity contribution in [2.24, 2.45) is 0 Å². The van der Waals surface area contributed by atoms with Gasteiger partial charge in [-0.2, -0.15) is 0 Å². The van der Waals surface area contributed by atoms with Crippen molar-refractivity contribution in [3.63, 3.8) is 0 Å². The smallest absolute Gasteiger partial charge is 0.399 e. The minimum Gasteiger partial charge on any atom is -0.399 e. The average Bonchev–Trinajstić information content (AvgIpc) is 3.08. The van der Waals surface area contributed by atoms with E-state index in [1.165, 1.54) is 0 Å². The topological polar surface area (TPSA) is 69.6 Å². The summed E-state index contributed by atoms with van der Waals surface area (Å²) in [5.41, 5.74) is 2.18. The number of ketones is 1. The van der Waals surface area contributed by atoms with Crippen molar-refractivity contribution in [1.29, 1.82) is 0 Å². The Labute approximate surface area is 165 Å². The average molecular weight is 380 g/mol. The van der Waals surface area contributed by atoms with Crippen LogP contribution in [0.1, 0.15) is 60.5 Å². The molecule has 0 atom stereocenters. The first-order valence-corrected chi connectivity index (χ1v) is 9.63. The van der Waals surface area contributed by atoms with Crippen LogP contribution in [0.25, 0.3) is 0 Å². The van der Waals surface area contributed by atoms with Gasteiger partial charge in [-0.1, -0.05) is 24.3 Å². The van der Waals surface area contributed by atoms with Crippen LogP contribution in [0.5, 0.6) is 0 Å². The Morgan fingerprint density at radius 2 is 1.68 bits per heavy atom. The molecule has 0 saturated carbocycles. The zero-order chi connectivity index (χ0) is 20.1. The zero-order valence-electron chi connectivity index (χ0n) is 16.7. The summed E-state index contributed by atoms with van der Waals surface area (Å²) in [4.78, 5) is 24.5. The quantitative estimate of drug-likeness (QED) is 0.829. The molecule has 0 spiro atoms. The monoisotopic (exact) mass is 380 g/mol. The number of hydrogen-bond donors (Lipinski definition) is 1. The van der Waals surface area contributed by atoms with E-state index in [0.29, 0.717) is 30.8 Å². The van der Waals surface area contributed by atoms with Crippen LogP contribution in [0.2, 0.25) is 0 Å². The van der Waals surface area contributed by atoms with Crippen molar-refractivity contribution in [1.82, 2.24) is 9.88 Å². The molecular weight excluding hydrogens is 355 g/mol. The molecule has 3 heterocycles. The fourth-order valence-corrected chi connectivity index (χ4v) is 3.55. The zero-order valence-corrected chi connectivity index (χ0v) is 16.7. The Kier molecular flexibility index (Phi) is 4.47. The molecule has 1 aromatic heterocycles. The minimum absolute atomic E-state index is 0.00297. The first-order chi connectivity index (χ1) is 13.2. The molecule has 1 amide bonds. The van der Waals surface area contributed by atoms with Gasteiger partial charge in [-0.25, -0.2) is 0 Å². The van der Waals surface area contributed by atoms with Gasteiger partial charge in [0.25, 0.3) is 5.91 Å². The van der Waals surface area contributed by atoms with Crippen LogP contribution in [0.3, 0.4) is 0 Å². The number of fused-ring (bicyclic) bond motifs is 1.